The Morgan fingerprint density at radius 2 is 2.58 bits per heavy atom. The fourth-order valence-electron chi connectivity index (χ4n) is 0.637. The smallest absolute Gasteiger partial charge is 0.315 e. The van der Waals surface area contributed by atoms with E-state index in [1.807, 2.05) is 12.3 Å². The first-order valence-electron chi connectivity index (χ1n) is 3.33. The highest BCUT2D eigenvalue weighted by Gasteiger charge is 2.01. The van der Waals surface area contributed by atoms with Crippen molar-refractivity contribution >= 4 is 22.5 Å². The second-order valence-electron chi connectivity index (χ2n) is 2.10. The van der Waals surface area contributed by atoms with Crippen molar-refractivity contribution in [2.45, 2.75) is 6.92 Å². The monoisotopic (exact) mass is 183 g/mol. The van der Waals surface area contributed by atoms with Crippen molar-refractivity contribution in [3.05, 3.63) is 23.9 Å². The van der Waals surface area contributed by atoms with E-state index in [-0.39, 0.29) is 6.03 Å². The SMILES string of the molecule is C=CNC(=O)Nc1nc(C)cs1. The molecule has 0 radical (unpaired) electrons. The van der Waals surface area contributed by atoms with Gasteiger partial charge in [-0.2, -0.15) is 0 Å². The van der Waals surface area contributed by atoms with Gasteiger partial charge in [-0.05, 0) is 13.1 Å². The molecule has 4 nitrogen and oxygen atoms in total. The number of aryl methyl sites for hydroxylation is 1. The largest absolute Gasteiger partial charge is 0.324 e. The van der Waals surface area contributed by atoms with Gasteiger partial charge in [0.25, 0.3) is 0 Å². The Morgan fingerprint density at radius 1 is 1.83 bits per heavy atom. The molecule has 2 amide bonds. The molecule has 0 aliphatic carbocycles. The number of nitrogens with one attached hydrogen (secondary N) is 2. The molecule has 1 heterocycles. The first-order chi connectivity index (χ1) is 5.72. The number of rotatable bonds is 2. The highest BCUT2D eigenvalue weighted by Crippen LogP contribution is 2.13. The number of hydrogen-bond acceptors (Lipinski definition) is 3. The maximum absolute atomic E-state index is 10.9. The van der Waals surface area contributed by atoms with Gasteiger partial charge in [-0.15, -0.1) is 11.3 Å². The Morgan fingerprint density at radius 3 is 3.08 bits per heavy atom. The summed E-state index contributed by atoms with van der Waals surface area (Å²) in [6, 6.07) is -0.320. The van der Waals surface area contributed by atoms with Gasteiger partial charge >= 0.3 is 6.03 Å². The van der Waals surface area contributed by atoms with Crippen molar-refractivity contribution < 1.29 is 4.79 Å². The van der Waals surface area contributed by atoms with Crippen molar-refractivity contribution in [2.24, 2.45) is 0 Å². The van der Waals surface area contributed by atoms with E-state index in [0.717, 1.165) is 5.69 Å². The summed E-state index contributed by atoms with van der Waals surface area (Å²) >= 11 is 1.39. The van der Waals surface area contributed by atoms with E-state index in [1.165, 1.54) is 17.5 Å². The van der Waals surface area contributed by atoms with Crippen molar-refractivity contribution in [1.82, 2.24) is 10.3 Å². The van der Waals surface area contributed by atoms with E-state index in [0.29, 0.717) is 5.13 Å². The normalized spacial score (nSPS) is 9.08. The molecule has 0 spiro atoms. The summed E-state index contributed by atoms with van der Waals surface area (Å²) in [5, 5.41) is 7.39. The van der Waals surface area contributed by atoms with Gasteiger partial charge in [0.05, 0.1) is 5.69 Å². The third-order valence-electron chi connectivity index (χ3n) is 1.07. The van der Waals surface area contributed by atoms with Crippen LogP contribution in [0.4, 0.5) is 9.93 Å². The number of carbonyl (C=O) groups excluding carboxylic acids is 1. The maximum Gasteiger partial charge on any atom is 0.324 e. The molecule has 0 fully saturated rings. The number of nitrogens with zero attached hydrogens (tertiary/aromatic N) is 1. The summed E-state index contributed by atoms with van der Waals surface area (Å²) in [6.07, 6.45) is 1.32. The van der Waals surface area contributed by atoms with Gasteiger partial charge in [0.2, 0.25) is 0 Å². The first-order valence-corrected chi connectivity index (χ1v) is 4.21. The molecule has 5 heteroatoms. The van der Waals surface area contributed by atoms with E-state index in [1.54, 1.807) is 0 Å². The zero-order chi connectivity index (χ0) is 8.97. The van der Waals surface area contributed by atoms with Gasteiger partial charge in [0.1, 0.15) is 0 Å². The van der Waals surface area contributed by atoms with Crippen molar-refractivity contribution in [2.75, 3.05) is 5.32 Å². The number of thiazole rings is 1. The molecular formula is C7H9N3OS. The summed E-state index contributed by atoms with van der Waals surface area (Å²) in [6.45, 7) is 5.23. The van der Waals surface area contributed by atoms with Crippen molar-refractivity contribution in [3.8, 4) is 0 Å². The summed E-state index contributed by atoms with van der Waals surface area (Å²) in [5.41, 5.74) is 0.897. The quantitative estimate of drug-likeness (QED) is 0.733. The van der Waals surface area contributed by atoms with Crippen LogP contribution in [0.15, 0.2) is 18.2 Å². The van der Waals surface area contributed by atoms with Gasteiger partial charge in [-0.3, -0.25) is 5.32 Å². The maximum atomic E-state index is 10.9. The second kappa shape index (κ2) is 3.87. The number of carbonyl (C=O) groups is 1. The zero-order valence-corrected chi connectivity index (χ0v) is 7.44. The first kappa shape index (κ1) is 8.73. The summed E-state index contributed by atoms with van der Waals surface area (Å²) in [7, 11) is 0. The Balaban J connectivity index is 2.52. The molecule has 1 rings (SSSR count). The van der Waals surface area contributed by atoms with Gasteiger partial charge < -0.3 is 5.32 Å². The summed E-state index contributed by atoms with van der Waals surface area (Å²) < 4.78 is 0. The lowest BCUT2D eigenvalue weighted by Gasteiger charge is -1.98. The van der Waals surface area contributed by atoms with Crippen LogP contribution in [0.5, 0.6) is 0 Å². The number of aromatic nitrogens is 1. The topological polar surface area (TPSA) is 54.0 Å². The third kappa shape index (κ3) is 2.35. The van der Waals surface area contributed by atoms with Crippen LogP contribution in [-0.4, -0.2) is 11.0 Å². The Labute approximate surface area is 74.3 Å². The van der Waals surface area contributed by atoms with Crippen LogP contribution in [0.25, 0.3) is 0 Å². The van der Waals surface area contributed by atoms with Crippen LogP contribution in [-0.2, 0) is 0 Å². The number of hydrogen-bond donors (Lipinski definition) is 2. The van der Waals surface area contributed by atoms with Crippen LogP contribution < -0.4 is 10.6 Å². The van der Waals surface area contributed by atoms with Crippen LogP contribution in [0.3, 0.4) is 0 Å². The van der Waals surface area contributed by atoms with Crippen LogP contribution in [0.2, 0.25) is 0 Å². The number of urea groups is 1. The average molecular weight is 183 g/mol. The van der Waals surface area contributed by atoms with Crippen molar-refractivity contribution in [1.29, 1.82) is 0 Å². The minimum absolute atomic E-state index is 0.320. The van der Waals surface area contributed by atoms with Crippen LogP contribution in [0, 0.1) is 6.92 Å². The second-order valence-corrected chi connectivity index (χ2v) is 2.95. The van der Waals surface area contributed by atoms with Gasteiger partial charge in [-0.1, -0.05) is 6.58 Å². The highest BCUT2D eigenvalue weighted by atomic mass is 32.1. The molecule has 1 aromatic heterocycles. The molecular weight excluding hydrogens is 174 g/mol. The number of amides is 2. The Kier molecular flexibility index (Phi) is 2.82. The van der Waals surface area contributed by atoms with E-state index in [9.17, 15) is 4.79 Å². The molecule has 0 aliphatic heterocycles. The van der Waals surface area contributed by atoms with Crippen molar-refractivity contribution in [3.63, 3.8) is 0 Å². The van der Waals surface area contributed by atoms with Crippen LogP contribution >= 0.6 is 11.3 Å². The predicted molar refractivity (Wildman–Crippen MR) is 49.2 cm³/mol. The molecule has 0 aliphatic rings. The molecule has 2 N–H and O–H groups in total. The van der Waals surface area contributed by atoms with E-state index >= 15 is 0 Å². The van der Waals surface area contributed by atoms with E-state index < -0.39 is 0 Å². The lowest BCUT2D eigenvalue weighted by atomic mass is 10.6. The molecule has 0 bridgehead atoms. The highest BCUT2D eigenvalue weighted by molar-refractivity contribution is 7.13. The molecule has 0 saturated carbocycles. The molecule has 1 aromatic rings. The predicted octanol–water partition coefficient (Wildman–Crippen LogP) is 1.72. The standard InChI is InChI=1S/C7H9N3OS/c1-3-8-6(11)10-7-9-5(2)4-12-7/h3-4H,1H2,2H3,(H2,8,9,10,11). The molecule has 0 saturated heterocycles. The molecule has 0 aromatic carbocycles. The molecule has 0 unspecified atom stereocenters. The zero-order valence-electron chi connectivity index (χ0n) is 6.63. The fraction of sp³-hybridized carbons (Fsp3) is 0.143. The van der Waals surface area contributed by atoms with E-state index in [4.69, 9.17) is 0 Å². The van der Waals surface area contributed by atoms with Crippen LogP contribution in [0.1, 0.15) is 5.69 Å². The fourth-order valence-corrected chi connectivity index (χ4v) is 1.32. The third-order valence-corrected chi connectivity index (χ3v) is 1.95. The number of anilines is 1. The minimum atomic E-state index is -0.320. The van der Waals surface area contributed by atoms with Gasteiger partial charge in [-0.25, -0.2) is 9.78 Å². The lowest BCUT2D eigenvalue weighted by molar-refractivity contribution is 0.255. The van der Waals surface area contributed by atoms with Gasteiger partial charge in [0.15, 0.2) is 5.13 Å². The Bertz CT molecular complexity index is 295. The molecule has 64 valence electrons. The lowest BCUT2D eigenvalue weighted by Crippen LogP contribution is -2.23. The molecule has 12 heavy (non-hydrogen) atoms. The molecule has 0 atom stereocenters. The Hall–Kier alpha value is -1.36. The average Bonchev–Trinajstić information content (AvgIpc) is 2.36. The minimum Gasteiger partial charge on any atom is -0.315 e. The summed E-state index contributed by atoms with van der Waals surface area (Å²) in [5.74, 6) is 0. The van der Waals surface area contributed by atoms with E-state index in [2.05, 4.69) is 22.2 Å². The summed E-state index contributed by atoms with van der Waals surface area (Å²) in [4.78, 5) is 14.9. The van der Waals surface area contributed by atoms with Gasteiger partial charge in [0, 0.05) is 5.38 Å².